The maximum Gasteiger partial charge on any atom is 0.220 e. The number of rotatable bonds is 8. The van der Waals surface area contributed by atoms with Crippen LogP contribution in [-0.2, 0) is 4.79 Å². The molecule has 0 aliphatic carbocycles. The molecule has 0 saturated carbocycles. The molecule has 0 aromatic rings. The summed E-state index contributed by atoms with van der Waals surface area (Å²) in [6, 6.07) is 0.410. The van der Waals surface area contributed by atoms with Gasteiger partial charge in [-0.1, -0.05) is 39.0 Å². The second kappa shape index (κ2) is 10.4. The Morgan fingerprint density at radius 3 is 2.72 bits per heavy atom. The fourth-order valence-electron chi connectivity index (χ4n) is 2.53. The molecule has 1 aliphatic heterocycles. The van der Waals surface area contributed by atoms with Crippen molar-refractivity contribution in [2.75, 3.05) is 13.1 Å². The number of amides is 1. The van der Waals surface area contributed by atoms with Crippen molar-refractivity contribution in [2.24, 2.45) is 0 Å². The lowest BCUT2D eigenvalue weighted by Crippen LogP contribution is -2.35. The van der Waals surface area contributed by atoms with Crippen LogP contribution in [0, 0.1) is 0 Å². The number of unbranched alkanes of at least 4 members (excludes halogenated alkanes) is 5. The molecule has 0 radical (unpaired) electrons. The molecular formula is C15H30N2O. The molecule has 1 atom stereocenters. The molecule has 1 aliphatic rings. The number of nitrogens with one attached hydrogen (secondary N) is 2. The van der Waals surface area contributed by atoms with Crippen LogP contribution in [0.15, 0.2) is 0 Å². The monoisotopic (exact) mass is 254 g/mol. The van der Waals surface area contributed by atoms with E-state index < -0.39 is 0 Å². The van der Waals surface area contributed by atoms with Gasteiger partial charge in [0, 0.05) is 12.5 Å². The number of hydrogen-bond acceptors (Lipinski definition) is 2. The number of carbonyl (C=O) groups excluding carboxylic acids is 1. The molecule has 2 N–H and O–H groups in total. The Bertz CT molecular complexity index is 211. The molecular weight excluding hydrogens is 224 g/mol. The number of hydrogen-bond donors (Lipinski definition) is 2. The van der Waals surface area contributed by atoms with Gasteiger partial charge in [-0.3, -0.25) is 4.79 Å². The molecule has 3 heteroatoms. The Morgan fingerprint density at radius 1 is 1.11 bits per heavy atom. The molecule has 3 nitrogen and oxygen atoms in total. The predicted molar refractivity (Wildman–Crippen MR) is 76.6 cm³/mol. The van der Waals surface area contributed by atoms with Crippen LogP contribution in [0.5, 0.6) is 0 Å². The summed E-state index contributed by atoms with van der Waals surface area (Å²) >= 11 is 0. The summed E-state index contributed by atoms with van der Waals surface area (Å²) in [7, 11) is 0. The van der Waals surface area contributed by atoms with E-state index in [1.54, 1.807) is 0 Å². The van der Waals surface area contributed by atoms with Gasteiger partial charge in [-0.05, 0) is 38.8 Å². The van der Waals surface area contributed by atoms with Gasteiger partial charge in [-0.25, -0.2) is 0 Å². The fourth-order valence-corrected chi connectivity index (χ4v) is 2.53. The van der Waals surface area contributed by atoms with Gasteiger partial charge in [-0.2, -0.15) is 0 Å². The second-order valence-electron chi connectivity index (χ2n) is 5.46. The minimum absolute atomic E-state index is 0.261. The predicted octanol–water partition coefficient (Wildman–Crippen LogP) is 3.00. The van der Waals surface area contributed by atoms with Crippen molar-refractivity contribution in [1.29, 1.82) is 0 Å². The van der Waals surface area contributed by atoms with Crippen LogP contribution in [-0.4, -0.2) is 25.0 Å². The van der Waals surface area contributed by atoms with Crippen molar-refractivity contribution in [3.63, 3.8) is 0 Å². The third kappa shape index (κ3) is 7.70. The Kier molecular flexibility index (Phi) is 8.92. The highest BCUT2D eigenvalue weighted by molar-refractivity contribution is 5.76. The molecule has 1 saturated heterocycles. The summed E-state index contributed by atoms with van der Waals surface area (Å²) in [5, 5.41) is 6.55. The van der Waals surface area contributed by atoms with Crippen molar-refractivity contribution in [2.45, 2.75) is 77.2 Å². The van der Waals surface area contributed by atoms with Gasteiger partial charge in [-0.15, -0.1) is 0 Å². The average Bonchev–Trinajstić information content (AvgIpc) is 2.62. The van der Waals surface area contributed by atoms with Gasteiger partial charge >= 0.3 is 0 Å². The third-order valence-corrected chi connectivity index (χ3v) is 3.70. The van der Waals surface area contributed by atoms with Crippen molar-refractivity contribution in [1.82, 2.24) is 10.6 Å². The zero-order valence-corrected chi connectivity index (χ0v) is 12.0. The van der Waals surface area contributed by atoms with Gasteiger partial charge in [0.1, 0.15) is 0 Å². The highest BCUT2D eigenvalue weighted by atomic mass is 16.1. The minimum Gasteiger partial charge on any atom is -0.353 e. The lowest BCUT2D eigenvalue weighted by molar-refractivity contribution is -0.122. The van der Waals surface area contributed by atoms with Crippen molar-refractivity contribution < 1.29 is 4.79 Å². The zero-order valence-electron chi connectivity index (χ0n) is 12.0. The summed E-state index contributed by atoms with van der Waals surface area (Å²) in [5.41, 5.74) is 0. The highest BCUT2D eigenvalue weighted by Crippen LogP contribution is 2.08. The van der Waals surface area contributed by atoms with Crippen molar-refractivity contribution in [3.05, 3.63) is 0 Å². The molecule has 0 spiro atoms. The van der Waals surface area contributed by atoms with Crippen LogP contribution >= 0.6 is 0 Å². The van der Waals surface area contributed by atoms with Crippen LogP contribution in [0.1, 0.15) is 71.1 Å². The normalized spacial score (nSPS) is 20.4. The highest BCUT2D eigenvalue weighted by Gasteiger charge is 2.13. The van der Waals surface area contributed by atoms with Gasteiger partial charge in [0.25, 0.3) is 0 Å². The van der Waals surface area contributed by atoms with Crippen LogP contribution in [0.3, 0.4) is 0 Å². The Balaban J connectivity index is 1.98. The molecule has 1 unspecified atom stereocenters. The van der Waals surface area contributed by atoms with Crippen LogP contribution in [0.2, 0.25) is 0 Å². The van der Waals surface area contributed by atoms with E-state index in [1.165, 1.54) is 38.5 Å². The molecule has 0 bridgehead atoms. The van der Waals surface area contributed by atoms with E-state index in [-0.39, 0.29) is 5.91 Å². The maximum atomic E-state index is 11.8. The molecule has 1 rings (SSSR count). The van der Waals surface area contributed by atoms with Crippen LogP contribution in [0.4, 0.5) is 0 Å². The third-order valence-electron chi connectivity index (χ3n) is 3.70. The Labute approximate surface area is 112 Å². The van der Waals surface area contributed by atoms with Gasteiger partial charge < -0.3 is 10.6 Å². The van der Waals surface area contributed by atoms with Crippen LogP contribution in [0.25, 0.3) is 0 Å². The van der Waals surface area contributed by atoms with E-state index in [2.05, 4.69) is 17.6 Å². The molecule has 0 aromatic heterocycles. The first-order chi connectivity index (χ1) is 8.83. The molecule has 18 heavy (non-hydrogen) atoms. The van der Waals surface area contributed by atoms with Gasteiger partial charge in [0.15, 0.2) is 0 Å². The van der Waals surface area contributed by atoms with Crippen LogP contribution < -0.4 is 10.6 Å². The summed E-state index contributed by atoms with van der Waals surface area (Å²) < 4.78 is 0. The van der Waals surface area contributed by atoms with Crippen molar-refractivity contribution >= 4 is 5.91 Å². The Hall–Kier alpha value is -0.570. The first-order valence-corrected chi connectivity index (χ1v) is 7.83. The first-order valence-electron chi connectivity index (χ1n) is 7.83. The van der Waals surface area contributed by atoms with Crippen molar-refractivity contribution in [3.8, 4) is 0 Å². The number of carbonyl (C=O) groups is 1. The van der Waals surface area contributed by atoms with Gasteiger partial charge in [0.05, 0.1) is 0 Å². The Morgan fingerprint density at radius 2 is 1.89 bits per heavy atom. The molecule has 0 aromatic carbocycles. The topological polar surface area (TPSA) is 41.1 Å². The standard InChI is InChI=1S/C15H30N2O/c1-2-3-4-5-6-7-10-15(18)17-14-9-8-12-16-13-11-14/h14,16H,2-13H2,1H3,(H,17,18). The van der Waals surface area contributed by atoms with E-state index >= 15 is 0 Å². The smallest absolute Gasteiger partial charge is 0.220 e. The van der Waals surface area contributed by atoms with E-state index in [1.807, 2.05) is 0 Å². The summed E-state index contributed by atoms with van der Waals surface area (Å²) in [6.45, 7) is 4.38. The van der Waals surface area contributed by atoms with Gasteiger partial charge in [0.2, 0.25) is 5.91 Å². The van der Waals surface area contributed by atoms with E-state index in [0.717, 1.165) is 38.8 Å². The largest absolute Gasteiger partial charge is 0.353 e. The summed E-state index contributed by atoms with van der Waals surface area (Å²) in [4.78, 5) is 11.8. The van der Waals surface area contributed by atoms with E-state index in [4.69, 9.17) is 0 Å². The molecule has 106 valence electrons. The second-order valence-corrected chi connectivity index (χ2v) is 5.46. The van der Waals surface area contributed by atoms with E-state index in [9.17, 15) is 4.79 Å². The quantitative estimate of drug-likeness (QED) is 0.654. The lowest BCUT2D eigenvalue weighted by atomic mass is 10.1. The minimum atomic E-state index is 0.261. The maximum absolute atomic E-state index is 11.8. The first kappa shape index (κ1) is 15.5. The summed E-state index contributed by atoms with van der Waals surface area (Å²) in [5.74, 6) is 0.261. The zero-order chi connectivity index (χ0) is 13.1. The summed E-state index contributed by atoms with van der Waals surface area (Å²) in [6.07, 6.45) is 11.6. The fraction of sp³-hybridized carbons (Fsp3) is 0.933. The average molecular weight is 254 g/mol. The molecule has 1 amide bonds. The SMILES string of the molecule is CCCCCCCCC(=O)NC1CCCNCC1. The molecule has 1 heterocycles. The lowest BCUT2D eigenvalue weighted by Gasteiger charge is -2.15. The molecule has 1 fully saturated rings. The van der Waals surface area contributed by atoms with E-state index in [0.29, 0.717) is 6.04 Å².